The topological polar surface area (TPSA) is 109 Å². The number of methoxy groups -OCH3 is 1. The summed E-state index contributed by atoms with van der Waals surface area (Å²) in [6.45, 7) is 3.95. The molecule has 54 heavy (non-hydrogen) atoms. The number of aliphatic hydroxyl groups excluding tert-OH is 1. The largest absolute Gasteiger partial charge is 0.467 e. The zero-order valence-corrected chi connectivity index (χ0v) is 31.1. The molecule has 1 heterocycles. The molecule has 9 nitrogen and oxygen atoms in total. The molecule has 5 aromatic carbocycles. The van der Waals surface area contributed by atoms with Gasteiger partial charge in [0.1, 0.15) is 6.04 Å². The minimum atomic E-state index is -0.818. The molecule has 0 aromatic heterocycles. The third-order valence-electron chi connectivity index (χ3n) is 9.86. The molecule has 1 aliphatic rings. The van der Waals surface area contributed by atoms with Crippen LogP contribution in [0.4, 0.5) is 4.79 Å². The number of amides is 2. The van der Waals surface area contributed by atoms with Crippen LogP contribution in [-0.4, -0.2) is 54.9 Å². The Hall–Kier alpha value is -5.32. The van der Waals surface area contributed by atoms with E-state index in [9.17, 15) is 14.7 Å². The summed E-state index contributed by atoms with van der Waals surface area (Å²) >= 11 is 0. The third-order valence-corrected chi connectivity index (χ3v) is 9.86. The third kappa shape index (κ3) is 10.2. The normalized spacial score (nSPS) is 18.8. The number of rotatable bonds is 14. The van der Waals surface area contributed by atoms with Crippen molar-refractivity contribution in [1.82, 2.24) is 15.5 Å². The average Bonchev–Trinajstić information content (AvgIpc) is 3.21. The van der Waals surface area contributed by atoms with E-state index in [1.807, 2.05) is 97.1 Å². The molecule has 1 aliphatic heterocycles. The van der Waals surface area contributed by atoms with E-state index in [2.05, 4.69) is 65.9 Å². The van der Waals surface area contributed by atoms with Crippen molar-refractivity contribution >= 4 is 12.0 Å². The number of carbonyl (C=O) groups is 2. The van der Waals surface area contributed by atoms with Crippen molar-refractivity contribution < 1.29 is 28.9 Å². The minimum absolute atomic E-state index is 0.0120. The Labute approximate surface area is 317 Å². The van der Waals surface area contributed by atoms with Crippen LogP contribution in [0.25, 0.3) is 11.1 Å². The highest BCUT2D eigenvalue weighted by Gasteiger charge is 2.39. The van der Waals surface area contributed by atoms with Gasteiger partial charge in [0.05, 0.1) is 25.9 Å². The summed E-state index contributed by atoms with van der Waals surface area (Å²) in [6, 6.07) is 42.8. The van der Waals surface area contributed by atoms with Crippen molar-refractivity contribution in [3.63, 3.8) is 0 Å². The van der Waals surface area contributed by atoms with Gasteiger partial charge >= 0.3 is 12.0 Å². The minimum Gasteiger partial charge on any atom is -0.467 e. The van der Waals surface area contributed by atoms with Gasteiger partial charge in [-0.3, -0.25) is 4.90 Å². The highest BCUT2D eigenvalue weighted by atomic mass is 16.7. The molecule has 0 spiro atoms. The summed E-state index contributed by atoms with van der Waals surface area (Å²) in [6.07, 6.45) is -0.619. The summed E-state index contributed by atoms with van der Waals surface area (Å²) in [5.41, 5.74) is 7.83. The van der Waals surface area contributed by atoms with Crippen molar-refractivity contribution in [2.75, 3.05) is 20.7 Å². The first-order valence-corrected chi connectivity index (χ1v) is 18.4. The highest BCUT2D eigenvalue weighted by molar-refractivity contribution is 5.83. The Balaban J connectivity index is 1.16. The molecule has 0 unspecified atom stereocenters. The van der Waals surface area contributed by atoms with Crippen LogP contribution in [0.3, 0.4) is 0 Å². The SMILES string of the molecule is COC(=O)[C@H](Cc1ccccc1)NC(=O)NCc1cccc(-c2cccc([C@@H]3O[C@H](CN(C)Cc4ccccc4)[C@H](C)[C@H](c4ccc(CO)cc4)O3)c2)c1. The number of aliphatic hydroxyl groups is 1. The van der Waals surface area contributed by atoms with Crippen LogP contribution in [0.15, 0.2) is 133 Å². The van der Waals surface area contributed by atoms with Gasteiger partial charge in [0, 0.05) is 37.5 Å². The van der Waals surface area contributed by atoms with Crippen LogP contribution in [-0.2, 0) is 45.1 Å². The maximum absolute atomic E-state index is 12.9. The van der Waals surface area contributed by atoms with Crippen molar-refractivity contribution in [1.29, 1.82) is 0 Å². The van der Waals surface area contributed by atoms with Crippen molar-refractivity contribution in [2.24, 2.45) is 5.92 Å². The van der Waals surface area contributed by atoms with Crippen molar-refractivity contribution in [3.05, 3.63) is 167 Å². The molecule has 1 saturated heterocycles. The molecule has 6 rings (SSSR count). The van der Waals surface area contributed by atoms with E-state index in [0.717, 1.165) is 52.0 Å². The molecule has 5 atom stereocenters. The van der Waals surface area contributed by atoms with E-state index >= 15 is 0 Å². The second-order valence-corrected chi connectivity index (χ2v) is 13.9. The van der Waals surface area contributed by atoms with Crippen molar-refractivity contribution in [2.45, 2.75) is 57.6 Å². The Morgan fingerprint density at radius 2 is 1.41 bits per heavy atom. The molecular formula is C45H49N3O6. The lowest BCUT2D eigenvalue weighted by molar-refractivity contribution is -0.276. The highest BCUT2D eigenvalue weighted by Crippen LogP contribution is 2.42. The number of ether oxygens (including phenoxy) is 3. The second kappa shape index (κ2) is 18.6. The lowest BCUT2D eigenvalue weighted by atomic mass is 9.90. The maximum Gasteiger partial charge on any atom is 0.328 e. The smallest absolute Gasteiger partial charge is 0.328 e. The molecule has 5 aromatic rings. The Morgan fingerprint density at radius 1 is 0.759 bits per heavy atom. The lowest BCUT2D eigenvalue weighted by Crippen LogP contribution is -2.47. The summed E-state index contributed by atoms with van der Waals surface area (Å²) in [5.74, 6) is -0.446. The molecule has 0 radical (unpaired) electrons. The first-order chi connectivity index (χ1) is 26.3. The maximum atomic E-state index is 12.9. The summed E-state index contributed by atoms with van der Waals surface area (Å²) in [5, 5.41) is 15.3. The monoisotopic (exact) mass is 727 g/mol. The van der Waals surface area contributed by atoms with E-state index in [1.165, 1.54) is 12.7 Å². The predicted octanol–water partition coefficient (Wildman–Crippen LogP) is 7.35. The first kappa shape index (κ1) is 38.4. The van der Waals surface area contributed by atoms with Gasteiger partial charge in [-0.1, -0.05) is 128 Å². The van der Waals surface area contributed by atoms with Crippen LogP contribution in [0, 0.1) is 5.92 Å². The molecular weight excluding hydrogens is 679 g/mol. The van der Waals surface area contributed by atoms with E-state index in [0.29, 0.717) is 6.42 Å². The Morgan fingerprint density at radius 3 is 2.09 bits per heavy atom. The summed E-state index contributed by atoms with van der Waals surface area (Å²) in [4.78, 5) is 27.6. The van der Waals surface area contributed by atoms with E-state index in [-0.39, 0.29) is 31.3 Å². The Bertz CT molecular complexity index is 1960. The number of hydrogen-bond donors (Lipinski definition) is 3. The number of likely N-dealkylation sites (N-methyl/N-ethyl adjacent to an activating group) is 1. The molecule has 9 heteroatoms. The fourth-order valence-corrected chi connectivity index (χ4v) is 6.90. The van der Waals surface area contributed by atoms with Crippen molar-refractivity contribution in [3.8, 4) is 11.1 Å². The number of benzene rings is 5. The fourth-order valence-electron chi connectivity index (χ4n) is 6.90. The van der Waals surface area contributed by atoms with Crippen LogP contribution in [0.2, 0.25) is 0 Å². The van der Waals surface area contributed by atoms with Crippen LogP contribution < -0.4 is 10.6 Å². The quantitative estimate of drug-likeness (QED) is 0.103. The molecule has 3 N–H and O–H groups in total. The molecule has 0 saturated carbocycles. The zero-order valence-electron chi connectivity index (χ0n) is 31.1. The number of hydrogen-bond acceptors (Lipinski definition) is 7. The van der Waals surface area contributed by atoms with Gasteiger partial charge in [-0.05, 0) is 58.1 Å². The average molecular weight is 728 g/mol. The number of nitrogens with zero attached hydrogens (tertiary/aromatic N) is 1. The zero-order chi connectivity index (χ0) is 37.9. The van der Waals surface area contributed by atoms with Gasteiger partial charge in [0.15, 0.2) is 6.29 Å². The van der Waals surface area contributed by atoms with Crippen LogP contribution >= 0.6 is 0 Å². The van der Waals surface area contributed by atoms with Crippen LogP contribution in [0.5, 0.6) is 0 Å². The summed E-state index contributed by atoms with van der Waals surface area (Å²) < 4.78 is 18.5. The van der Waals surface area contributed by atoms with E-state index in [4.69, 9.17) is 14.2 Å². The van der Waals surface area contributed by atoms with Gasteiger partial charge in [-0.25, -0.2) is 9.59 Å². The lowest BCUT2D eigenvalue weighted by Gasteiger charge is -2.42. The number of esters is 1. The number of nitrogens with one attached hydrogen (secondary N) is 2. The van der Waals surface area contributed by atoms with E-state index < -0.39 is 24.3 Å². The van der Waals surface area contributed by atoms with Crippen LogP contribution in [0.1, 0.15) is 52.7 Å². The van der Waals surface area contributed by atoms with Gasteiger partial charge < -0.3 is 30.0 Å². The molecule has 1 fully saturated rings. The standard InChI is InChI=1S/C45H49N3O6/c1-31-41(29-48(2)28-33-14-8-5-9-15-33)53-44(54-42(31)36-22-20-34(30-49)21-23-36)39-19-11-18-38(26-39)37-17-10-16-35(24-37)27-46-45(51)47-40(43(50)52-3)25-32-12-6-4-7-13-32/h4-24,26,31,40-42,44,49H,25,27-30H2,1-3H3,(H2,46,47,51)/t31-,40-,41+,42+,44+/m0/s1. The summed E-state index contributed by atoms with van der Waals surface area (Å²) in [7, 11) is 3.43. The van der Waals surface area contributed by atoms with Gasteiger partial charge in [-0.2, -0.15) is 0 Å². The fraction of sp³-hybridized carbons (Fsp3) is 0.289. The molecule has 2 amide bonds. The number of carbonyl (C=O) groups excluding carboxylic acids is 2. The number of urea groups is 1. The molecule has 280 valence electrons. The molecule has 0 aliphatic carbocycles. The predicted molar refractivity (Wildman–Crippen MR) is 209 cm³/mol. The Kier molecular flexibility index (Phi) is 13.2. The van der Waals surface area contributed by atoms with Gasteiger partial charge in [-0.15, -0.1) is 0 Å². The van der Waals surface area contributed by atoms with E-state index in [1.54, 1.807) is 0 Å². The second-order valence-electron chi connectivity index (χ2n) is 13.9. The molecule has 0 bridgehead atoms. The van der Waals surface area contributed by atoms with Gasteiger partial charge in [0.25, 0.3) is 0 Å². The first-order valence-electron chi connectivity index (χ1n) is 18.4. The van der Waals surface area contributed by atoms with Gasteiger partial charge in [0.2, 0.25) is 0 Å².